The summed E-state index contributed by atoms with van der Waals surface area (Å²) in [5.74, 6) is 0.748. The van der Waals surface area contributed by atoms with Gasteiger partial charge in [0.05, 0.1) is 17.1 Å². The molecular weight excluding hydrogens is 434 g/mol. The van der Waals surface area contributed by atoms with Crippen molar-refractivity contribution in [2.45, 2.75) is 53.6 Å². The molecule has 1 unspecified atom stereocenters. The van der Waals surface area contributed by atoms with Gasteiger partial charge >= 0.3 is 0 Å². The van der Waals surface area contributed by atoms with E-state index in [0.29, 0.717) is 6.61 Å². The van der Waals surface area contributed by atoms with Gasteiger partial charge in [0, 0.05) is 23.9 Å². The maximum atomic E-state index is 10.8. The van der Waals surface area contributed by atoms with Gasteiger partial charge in [-0.15, -0.1) is 0 Å². The molecule has 0 radical (unpaired) electrons. The molecule has 0 saturated heterocycles. The fraction of sp³-hybridized carbons (Fsp3) is 0.375. The molecule has 178 valence electrons. The average Bonchev–Trinajstić information content (AvgIpc) is 3.31. The van der Waals surface area contributed by atoms with Gasteiger partial charge in [0.25, 0.3) is 0 Å². The Kier molecular flexibility index (Phi) is 6.60. The largest absolute Gasteiger partial charge is 0.489 e. The van der Waals surface area contributed by atoms with Crippen molar-refractivity contribution < 1.29 is 9.84 Å². The van der Waals surface area contributed by atoms with Crippen LogP contribution in [0.15, 0.2) is 52.0 Å². The highest BCUT2D eigenvalue weighted by Gasteiger charge is 2.28. The number of ether oxygens (including phenoxy) is 1. The molecule has 34 heavy (non-hydrogen) atoms. The molecule has 0 aliphatic carbocycles. The van der Waals surface area contributed by atoms with Crippen LogP contribution < -0.4 is 9.75 Å². The minimum atomic E-state index is -0.966. The first-order valence-electron chi connectivity index (χ1n) is 11.2. The lowest BCUT2D eigenvalue weighted by atomic mass is 10.0. The highest BCUT2D eigenvalue weighted by atomic mass is 16.5. The van der Waals surface area contributed by atoms with Crippen molar-refractivity contribution >= 4 is 5.69 Å². The Hall–Kier alpha value is -3.79. The average molecular weight is 464 g/mol. The summed E-state index contributed by atoms with van der Waals surface area (Å²) < 4.78 is 8.06. The van der Waals surface area contributed by atoms with Crippen LogP contribution >= 0.6 is 0 Å². The molecule has 0 saturated carbocycles. The highest BCUT2D eigenvalue weighted by Crippen LogP contribution is 2.31. The summed E-state index contributed by atoms with van der Waals surface area (Å²) in [7, 11) is 1.67. The number of hydrogen-bond donors (Lipinski definition) is 1. The van der Waals surface area contributed by atoms with E-state index in [0.717, 1.165) is 57.2 Å². The number of aliphatic hydroxyl groups excluding tert-OH is 1. The molecule has 1 atom stereocenters. The Morgan fingerprint density at radius 1 is 1.12 bits per heavy atom. The summed E-state index contributed by atoms with van der Waals surface area (Å²) in [4.78, 5) is 10.8. The van der Waals surface area contributed by atoms with Crippen molar-refractivity contribution in [2.24, 2.45) is 15.6 Å². The zero-order valence-electron chi connectivity index (χ0n) is 20.1. The molecule has 2 heterocycles. The summed E-state index contributed by atoms with van der Waals surface area (Å²) in [5, 5.41) is 28.9. The first kappa shape index (κ1) is 23.4. The maximum Gasteiger partial charge on any atom is 0.245 e. The Bertz CT molecular complexity index is 1240. The van der Waals surface area contributed by atoms with E-state index < -0.39 is 6.35 Å². The smallest absolute Gasteiger partial charge is 0.245 e. The van der Waals surface area contributed by atoms with Gasteiger partial charge in [-0.25, -0.2) is 9.69 Å². The SMILES string of the molecule is CCc1cccc(N2N=NN(C)C2O)c1COc1ccc(-n2nc(C)c(CN=O)c2C)cc1C. The van der Waals surface area contributed by atoms with Gasteiger partial charge in [0.2, 0.25) is 6.35 Å². The number of aliphatic hydroxyl groups is 1. The lowest BCUT2D eigenvalue weighted by molar-refractivity contribution is 0.0456. The highest BCUT2D eigenvalue weighted by molar-refractivity contribution is 5.57. The predicted molar refractivity (Wildman–Crippen MR) is 129 cm³/mol. The van der Waals surface area contributed by atoms with Gasteiger partial charge in [-0.3, -0.25) is 0 Å². The molecule has 1 N–H and O–H groups in total. The molecule has 0 amide bonds. The van der Waals surface area contributed by atoms with Crippen LogP contribution in [0.2, 0.25) is 0 Å². The number of aromatic nitrogens is 2. The number of nitroso groups, excluding NO2 is 1. The van der Waals surface area contributed by atoms with E-state index >= 15 is 0 Å². The monoisotopic (exact) mass is 463 g/mol. The van der Waals surface area contributed by atoms with Crippen molar-refractivity contribution in [3.05, 3.63) is 74.9 Å². The van der Waals surface area contributed by atoms with E-state index in [1.54, 1.807) is 7.05 Å². The quantitative estimate of drug-likeness (QED) is 0.492. The molecular formula is C24H29N7O3. The van der Waals surface area contributed by atoms with Crippen LogP contribution in [0.5, 0.6) is 5.75 Å². The molecule has 1 aromatic heterocycles. The molecule has 3 aromatic rings. The van der Waals surface area contributed by atoms with Crippen LogP contribution in [-0.2, 0) is 19.6 Å². The number of anilines is 1. The van der Waals surface area contributed by atoms with Crippen molar-refractivity contribution in [1.82, 2.24) is 14.8 Å². The molecule has 2 aromatic carbocycles. The van der Waals surface area contributed by atoms with Gasteiger partial charge in [-0.1, -0.05) is 24.2 Å². The molecule has 1 aliphatic rings. The summed E-state index contributed by atoms with van der Waals surface area (Å²) >= 11 is 0. The normalized spacial score (nSPS) is 15.3. The Morgan fingerprint density at radius 2 is 1.91 bits per heavy atom. The summed E-state index contributed by atoms with van der Waals surface area (Å²) in [6.07, 6.45) is -0.149. The minimum absolute atomic E-state index is 0.109. The Balaban J connectivity index is 1.59. The second-order valence-corrected chi connectivity index (χ2v) is 8.30. The van der Waals surface area contributed by atoms with Crippen molar-refractivity contribution in [1.29, 1.82) is 0 Å². The predicted octanol–water partition coefficient (Wildman–Crippen LogP) is 4.52. The van der Waals surface area contributed by atoms with Crippen LogP contribution in [0, 0.1) is 25.7 Å². The first-order chi connectivity index (χ1) is 16.3. The molecule has 10 nitrogen and oxygen atoms in total. The number of hydrogen-bond acceptors (Lipinski definition) is 9. The van der Waals surface area contributed by atoms with Crippen LogP contribution in [0.3, 0.4) is 0 Å². The van der Waals surface area contributed by atoms with Gasteiger partial charge < -0.3 is 9.84 Å². The number of rotatable bonds is 8. The third-order valence-electron chi connectivity index (χ3n) is 6.15. The van der Waals surface area contributed by atoms with Crippen LogP contribution in [0.4, 0.5) is 5.69 Å². The number of aryl methyl sites for hydroxylation is 3. The van der Waals surface area contributed by atoms with E-state index in [1.165, 1.54) is 10.0 Å². The molecule has 1 aliphatic heterocycles. The summed E-state index contributed by atoms with van der Waals surface area (Å²) in [6, 6.07) is 11.8. The summed E-state index contributed by atoms with van der Waals surface area (Å²) in [5.41, 5.74) is 7.21. The molecule has 0 spiro atoms. The topological polar surface area (TPSA) is 108 Å². The molecule has 0 fully saturated rings. The third kappa shape index (κ3) is 4.24. The Morgan fingerprint density at radius 3 is 2.56 bits per heavy atom. The fourth-order valence-corrected chi connectivity index (χ4v) is 4.16. The first-order valence-corrected chi connectivity index (χ1v) is 11.2. The van der Waals surface area contributed by atoms with Gasteiger partial charge in [0.15, 0.2) is 0 Å². The zero-order valence-corrected chi connectivity index (χ0v) is 20.1. The lowest BCUT2D eigenvalue weighted by Gasteiger charge is -2.24. The van der Waals surface area contributed by atoms with Crippen molar-refractivity contribution in [3.8, 4) is 11.4 Å². The molecule has 10 heteroatoms. The molecule has 0 bridgehead atoms. The Labute approximate surface area is 198 Å². The zero-order chi connectivity index (χ0) is 24.4. The van der Waals surface area contributed by atoms with E-state index in [4.69, 9.17) is 4.74 Å². The van der Waals surface area contributed by atoms with Crippen LogP contribution in [0.1, 0.15) is 40.6 Å². The summed E-state index contributed by atoms with van der Waals surface area (Å²) in [6.45, 7) is 8.31. The second kappa shape index (κ2) is 9.60. The second-order valence-electron chi connectivity index (χ2n) is 8.30. The van der Waals surface area contributed by atoms with E-state index in [-0.39, 0.29) is 6.54 Å². The van der Waals surface area contributed by atoms with E-state index in [9.17, 15) is 10.0 Å². The fourth-order valence-electron chi connectivity index (χ4n) is 4.16. The van der Waals surface area contributed by atoms with E-state index in [2.05, 4.69) is 33.7 Å². The number of nitrogens with zero attached hydrogens (tertiary/aromatic N) is 7. The standard InChI is InChI=1S/C24H29N7O3/c1-6-18-8-7-9-22(31-24(32)29(5)27-28-31)21(18)14-34-23-11-10-19(12-15(23)2)30-17(4)20(13-25-33)16(3)26-30/h7-12,24,32H,6,13-14H2,1-5H3. The minimum Gasteiger partial charge on any atom is -0.489 e. The van der Waals surface area contributed by atoms with Gasteiger partial charge in [0.1, 0.15) is 18.9 Å². The van der Waals surface area contributed by atoms with Crippen molar-refractivity contribution in [2.75, 3.05) is 12.1 Å². The van der Waals surface area contributed by atoms with Crippen molar-refractivity contribution in [3.63, 3.8) is 0 Å². The maximum absolute atomic E-state index is 10.8. The lowest BCUT2D eigenvalue weighted by Crippen LogP contribution is -2.36. The molecule has 4 rings (SSSR count). The van der Waals surface area contributed by atoms with Crippen LogP contribution in [-0.4, -0.2) is 33.3 Å². The van der Waals surface area contributed by atoms with Gasteiger partial charge in [-0.2, -0.15) is 15.0 Å². The third-order valence-corrected chi connectivity index (χ3v) is 6.15. The van der Waals surface area contributed by atoms with E-state index in [1.807, 2.05) is 55.8 Å². The number of benzene rings is 2. The van der Waals surface area contributed by atoms with Crippen LogP contribution in [0.25, 0.3) is 5.69 Å². The van der Waals surface area contributed by atoms with Gasteiger partial charge in [-0.05, 0) is 73.0 Å².